The molecule has 0 spiro atoms. The number of rotatable bonds is 5. The molecule has 0 fully saturated rings. The summed E-state index contributed by atoms with van der Waals surface area (Å²) in [6.45, 7) is 5.10. The molecule has 72 valence electrons. The maximum atomic E-state index is 3.43. The minimum Gasteiger partial charge on any atom is -0.384 e. The highest BCUT2D eigenvalue weighted by molar-refractivity contribution is 9.10. The van der Waals surface area contributed by atoms with Gasteiger partial charge in [0.1, 0.15) is 0 Å². The van der Waals surface area contributed by atoms with E-state index in [1.54, 1.807) is 0 Å². The van der Waals surface area contributed by atoms with Gasteiger partial charge in [-0.15, -0.1) is 0 Å². The van der Waals surface area contributed by atoms with Gasteiger partial charge in [-0.3, -0.25) is 0 Å². The molecule has 3 heteroatoms. The molecule has 0 radical (unpaired) electrons. The largest absolute Gasteiger partial charge is 0.384 e. The molecule has 2 N–H and O–H groups in total. The predicted molar refractivity (Wildman–Crippen MR) is 61.2 cm³/mol. The Hall–Kier alpha value is -0.540. The van der Waals surface area contributed by atoms with E-state index >= 15 is 0 Å². The third kappa shape index (κ3) is 4.29. The van der Waals surface area contributed by atoms with Crippen LogP contribution >= 0.6 is 15.9 Å². The van der Waals surface area contributed by atoms with Crippen molar-refractivity contribution >= 4 is 21.6 Å². The molecule has 1 rings (SSSR count). The highest BCUT2D eigenvalue weighted by atomic mass is 79.9. The molecular weight excluding hydrogens is 228 g/mol. The second kappa shape index (κ2) is 6.00. The molecule has 0 amide bonds. The first-order chi connectivity index (χ1) is 6.33. The molecule has 0 aliphatic carbocycles. The number of hydrogen-bond acceptors (Lipinski definition) is 2. The van der Waals surface area contributed by atoms with Gasteiger partial charge >= 0.3 is 0 Å². The summed E-state index contributed by atoms with van der Waals surface area (Å²) in [5.74, 6) is 0. The fourth-order valence-corrected chi connectivity index (χ4v) is 1.47. The van der Waals surface area contributed by atoms with Crippen LogP contribution in [0.4, 0.5) is 5.69 Å². The van der Waals surface area contributed by atoms with Gasteiger partial charge in [0.25, 0.3) is 0 Å². The third-order valence-corrected chi connectivity index (χ3v) is 2.20. The summed E-state index contributed by atoms with van der Waals surface area (Å²) in [6.07, 6.45) is 0. The van der Waals surface area contributed by atoms with Gasteiger partial charge in [0, 0.05) is 23.2 Å². The van der Waals surface area contributed by atoms with Crippen LogP contribution < -0.4 is 10.6 Å². The van der Waals surface area contributed by atoms with E-state index in [1.165, 1.54) is 0 Å². The Balaban J connectivity index is 2.28. The minimum atomic E-state index is 0.963. The first-order valence-electron chi connectivity index (χ1n) is 4.53. The Bertz CT molecular complexity index is 250. The lowest BCUT2D eigenvalue weighted by molar-refractivity contribution is 0.739. The van der Waals surface area contributed by atoms with Gasteiger partial charge in [0.15, 0.2) is 0 Å². The van der Waals surface area contributed by atoms with E-state index in [9.17, 15) is 0 Å². The van der Waals surface area contributed by atoms with Gasteiger partial charge < -0.3 is 10.6 Å². The minimum absolute atomic E-state index is 0.963. The van der Waals surface area contributed by atoms with Crippen molar-refractivity contribution in [1.82, 2.24) is 5.32 Å². The molecular formula is C10H15BrN2. The van der Waals surface area contributed by atoms with Crippen LogP contribution in [0.25, 0.3) is 0 Å². The SMILES string of the molecule is CCNCCNc1cccc(Br)c1. The zero-order valence-electron chi connectivity index (χ0n) is 7.81. The first kappa shape index (κ1) is 10.5. The molecule has 1 aromatic carbocycles. The van der Waals surface area contributed by atoms with E-state index in [4.69, 9.17) is 0 Å². The number of anilines is 1. The Labute approximate surface area is 87.9 Å². The number of halogens is 1. The fraction of sp³-hybridized carbons (Fsp3) is 0.400. The average Bonchev–Trinajstić information content (AvgIpc) is 2.13. The summed E-state index contributed by atoms with van der Waals surface area (Å²) < 4.78 is 1.11. The summed E-state index contributed by atoms with van der Waals surface area (Å²) in [4.78, 5) is 0. The van der Waals surface area contributed by atoms with Crippen LogP contribution in [-0.2, 0) is 0 Å². The van der Waals surface area contributed by atoms with Crippen molar-refractivity contribution in [3.05, 3.63) is 28.7 Å². The second-order valence-electron chi connectivity index (χ2n) is 2.79. The molecule has 2 nitrogen and oxygen atoms in total. The van der Waals surface area contributed by atoms with Crippen molar-refractivity contribution in [1.29, 1.82) is 0 Å². The van der Waals surface area contributed by atoms with Gasteiger partial charge in [-0.1, -0.05) is 28.9 Å². The van der Waals surface area contributed by atoms with E-state index in [0.717, 1.165) is 29.8 Å². The molecule has 0 unspecified atom stereocenters. The monoisotopic (exact) mass is 242 g/mol. The van der Waals surface area contributed by atoms with Crippen molar-refractivity contribution in [2.24, 2.45) is 0 Å². The summed E-state index contributed by atoms with van der Waals surface area (Å²) in [5.41, 5.74) is 1.16. The van der Waals surface area contributed by atoms with E-state index in [-0.39, 0.29) is 0 Å². The molecule has 0 aromatic heterocycles. The summed E-state index contributed by atoms with van der Waals surface area (Å²) in [7, 11) is 0. The molecule has 0 aliphatic rings. The smallest absolute Gasteiger partial charge is 0.0351 e. The lowest BCUT2D eigenvalue weighted by Crippen LogP contribution is -2.21. The number of hydrogen-bond donors (Lipinski definition) is 2. The Morgan fingerprint density at radius 2 is 2.15 bits per heavy atom. The van der Waals surface area contributed by atoms with Crippen molar-refractivity contribution < 1.29 is 0 Å². The van der Waals surface area contributed by atoms with E-state index in [1.807, 2.05) is 12.1 Å². The molecule has 0 saturated heterocycles. The lowest BCUT2D eigenvalue weighted by atomic mass is 10.3. The zero-order valence-corrected chi connectivity index (χ0v) is 9.39. The van der Waals surface area contributed by atoms with Crippen molar-refractivity contribution in [3.63, 3.8) is 0 Å². The second-order valence-corrected chi connectivity index (χ2v) is 3.71. The van der Waals surface area contributed by atoms with E-state index < -0.39 is 0 Å². The Morgan fingerprint density at radius 1 is 1.31 bits per heavy atom. The molecule has 0 saturated carbocycles. The molecule has 0 heterocycles. The van der Waals surface area contributed by atoms with Gasteiger partial charge in [0.2, 0.25) is 0 Å². The van der Waals surface area contributed by atoms with Crippen molar-refractivity contribution in [2.45, 2.75) is 6.92 Å². The van der Waals surface area contributed by atoms with Crippen LogP contribution in [0.15, 0.2) is 28.7 Å². The van der Waals surface area contributed by atoms with E-state index in [0.29, 0.717) is 0 Å². The van der Waals surface area contributed by atoms with Gasteiger partial charge in [-0.2, -0.15) is 0 Å². The topological polar surface area (TPSA) is 24.1 Å². The van der Waals surface area contributed by atoms with Crippen LogP contribution in [0.3, 0.4) is 0 Å². The summed E-state index contributed by atoms with van der Waals surface area (Å²) >= 11 is 3.43. The quantitative estimate of drug-likeness (QED) is 0.776. The van der Waals surface area contributed by atoms with E-state index in [2.05, 4.69) is 45.6 Å². The zero-order chi connectivity index (χ0) is 9.52. The number of likely N-dealkylation sites (N-methyl/N-ethyl adjacent to an activating group) is 1. The van der Waals surface area contributed by atoms with Crippen molar-refractivity contribution in [3.8, 4) is 0 Å². The van der Waals surface area contributed by atoms with Gasteiger partial charge in [-0.05, 0) is 24.7 Å². The van der Waals surface area contributed by atoms with Crippen LogP contribution in [0, 0.1) is 0 Å². The van der Waals surface area contributed by atoms with Crippen LogP contribution in [0.2, 0.25) is 0 Å². The van der Waals surface area contributed by atoms with Gasteiger partial charge in [0.05, 0.1) is 0 Å². The molecule has 0 bridgehead atoms. The highest BCUT2D eigenvalue weighted by Gasteiger charge is 1.91. The molecule has 0 aliphatic heterocycles. The fourth-order valence-electron chi connectivity index (χ4n) is 1.07. The number of nitrogens with one attached hydrogen (secondary N) is 2. The predicted octanol–water partition coefficient (Wildman–Crippen LogP) is 2.47. The van der Waals surface area contributed by atoms with Crippen LogP contribution in [0.5, 0.6) is 0 Å². The average molecular weight is 243 g/mol. The van der Waals surface area contributed by atoms with Crippen LogP contribution in [0.1, 0.15) is 6.92 Å². The van der Waals surface area contributed by atoms with Crippen molar-refractivity contribution in [2.75, 3.05) is 25.0 Å². The molecule has 1 aromatic rings. The third-order valence-electron chi connectivity index (χ3n) is 1.71. The lowest BCUT2D eigenvalue weighted by Gasteiger charge is -2.06. The molecule has 0 atom stereocenters. The Morgan fingerprint density at radius 3 is 2.85 bits per heavy atom. The molecule has 13 heavy (non-hydrogen) atoms. The van der Waals surface area contributed by atoms with Gasteiger partial charge in [-0.25, -0.2) is 0 Å². The highest BCUT2D eigenvalue weighted by Crippen LogP contribution is 2.14. The standard InChI is InChI=1S/C10H15BrN2/c1-2-12-6-7-13-10-5-3-4-9(11)8-10/h3-5,8,12-13H,2,6-7H2,1H3. The maximum absolute atomic E-state index is 3.43. The first-order valence-corrected chi connectivity index (χ1v) is 5.32. The summed E-state index contributed by atoms with van der Waals surface area (Å²) in [5, 5.41) is 6.59. The normalized spacial score (nSPS) is 10.0. The number of benzene rings is 1. The maximum Gasteiger partial charge on any atom is 0.0351 e. The summed E-state index contributed by atoms with van der Waals surface area (Å²) in [6, 6.07) is 8.19. The Kier molecular flexibility index (Phi) is 4.86. The van der Waals surface area contributed by atoms with Crippen LogP contribution in [-0.4, -0.2) is 19.6 Å².